The minimum atomic E-state index is -0.982. The molecule has 3 rings (SSSR count). The van der Waals surface area contributed by atoms with Crippen LogP contribution in [0.15, 0.2) is 48.0 Å². The van der Waals surface area contributed by atoms with Crippen LogP contribution in [0.25, 0.3) is 11.1 Å². The van der Waals surface area contributed by atoms with E-state index in [2.05, 4.69) is 15.0 Å². The highest BCUT2D eigenvalue weighted by Crippen LogP contribution is 2.33. The predicted molar refractivity (Wildman–Crippen MR) is 79.2 cm³/mol. The molecule has 0 fully saturated rings. The lowest BCUT2D eigenvalue weighted by molar-refractivity contribution is -0.130. The normalized spacial score (nSPS) is 21.5. The third-order valence-corrected chi connectivity index (χ3v) is 3.72. The van der Waals surface area contributed by atoms with Gasteiger partial charge in [-0.2, -0.15) is 0 Å². The largest absolute Gasteiger partial charge is 0.369 e. The molecule has 1 amide bonds. The highest BCUT2D eigenvalue weighted by atomic mass is 16.2. The summed E-state index contributed by atoms with van der Waals surface area (Å²) in [5.41, 5.74) is 7.40. The molecule has 2 N–H and O–H groups in total. The number of guanidine groups is 1. The second-order valence-corrected chi connectivity index (χ2v) is 5.11. The number of carbonyl (C=O) groups excluding carboxylic acids is 1. The molecule has 2 heterocycles. The molecule has 21 heavy (non-hydrogen) atoms. The van der Waals surface area contributed by atoms with Gasteiger partial charge in [0.2, 0.25) is 0 Å². The van der Waals surface area contributed by atoms with Crippen LogP contribution in [0.4, 0.5) is 0 Å². The molecule has 0 saturated heterocycles. The summed E-state index contributed by atoms with van der Waals surface area (Å²) < 4.78 is 0. The Labute approximate surface area is 122 Å². The molecular formula is C15H15N5O. The van der Waals surface area contributed by atoms with Gasteiger partial charge < -0.3 is 5.73 Å². The lowest BCUT2D eigenvalue weighted by Crippen LogP contribution is -2.38. The first-order valence-corrected chi connectivity index (χ1v) is 6.52. The quantitative estimate of drug-likeness (QED) is 0.894. The molecule has 2 aromatic rings. The number of amides is 1. The van der Waals surface area contributed by atoms with Crippen LogP contribution in [0.3, 0.4) is 0 Å². The van der Waals surface area contributed by atoms with Gasteiger partial charge in [0.15, 0.2) is 11.5 Å². The zero-order valence-corrected chi connectivity index (χ0v) is 11.8. The molecule has 1 atom stereocenters. The number of nitrogens with zero attached hydrogens (tertiary/aromatic N) is 4. The fourth-order valence-electron chi connectivity index (χ4n) is 2.42. The van der Waals surface area contributed by atoms with Gasteiger partial charge in [-0.25, -0.2) is 15.0 Å². The van der Waals surface area contributed by atoms with E-state index in [-0.39, 0.29) is 11.9 Å². The van der Waals surface area contributed by atoms with Crippen molar-refractivity contribution in [2.24, 2.45) is 10.7 Å². The van der Waals surface area contributed by atoms with Gasteiger partial charge in [0.1, 0.15) is 6.33 Å². The fourth-order valence-corrected chi connectivity index (χ4v) is 2.42. The molecule has 106 valence electrons. The molecule has 0 saturated carbocycles. The van der Waals surface area contributed by atoms with E-state index in [1.165, 1.54) is 11.2 Å². The second-order valence-electron chi connectivity index (χ2n) is 5.11. The van der Waals surface area contributed by atoms with Crippen LogP contribution in [-0.4, -0.2) is 33.8 Å². The van der Waals surface area contributed by atoms with Gasteiger partial charge in [0, 0.05) is 25.0 Å². The molecule has 6 nitrogen and oxygen atoms in total. The van der Waals surface area contributed by atoms with Gasteiger partial charge >= 0.3 is 0 Å². The summed E-state index contributed by atoms with van der Waals surface area (Å²) in [6.45, 7) is 1.77. The van der Waals surface area contributed by atoms with Crippen molar-refractivity contribution in [1.29, 1.82) is 0 Å². The number of carbonyl (C=O) groups is 1. The molecule has 0 aliphatic carbocycles. The SMILES string of the molecule is CN1C(=O)C(C)(c2cccc(-c3cncnc3)c2)N=C1N. The summed E-state index contributed by atoms with van der Waals surface area (Å²) in [4.78, 5) is 26.1. The minimum absolute atomic E-state index is 0.138. The van der Waals surface area contributed by atoms with Gasteiger partial charge in [-0.1, -0.05) is 18.2 Å². The van der Waals surface area contributed by atoms with Crippen LogP contribution in [0, 0.1) is 0 Å². The minimum Gasteiger partial charge on any atom is -0.369 e. The smallest absolute Gasteiger partial charge is 0.261 e. The van der Waals surface area contributed by atoms with Gasteiger partial charge in [0.25, 0.3) is 5.91 Å². The Bertz CT molecular complexity index is 728. The number of nitrogens with two attached hydrogens (primary N) is 1. The van der Waals surface area contributed by atoms with Crippen molar-refractivity contribution >= 4 is 11.9 Å². The Morgan fingerprint density at radius 1 is 1.19 bits per heavy atom. The molecule has 1 aromatic heterocycles. The predicted octanol–water partition coefficient (Wildman–Crippen LogP) is 1.15. The number of rotatable bonds is 2. The zero-order valence-electron chi connectivity index (χ0n) is 11.8. The standard InChI is InChI=1S/C15H15N5O/c1-15(13(21)20(2)14(16)19-15)12-5-3-4-10(6-12)11-7-17-9-18-8-11/h3-9H,1-2H3,(H2,16,19). The van der Waals surface area contributed by atoms with Crippen molar-refractivity contribution in [3.63, 3.8) is 0 Å². The Morgan fingerprint density at radius 2 is 1.90 bits per heavy atom. The Kier molecular flexibility index (Phi) is 2.94. The summed E-state index contributed by atoms with van der Waals surface area (Å²) in [6.07, 6.45) is 4.94. The Hall–Kier alpha value is -2.76. The summed E-state index contributed by atoms with van der Waals surface area (Å²) in [5, 5.41) is 0. The van der Waals surface area contributed by atoms with Gasteiger partial charge in [-0.3, -0.25) is 9.69 Å². The number of aliphatic imine (C=N–C) groups is 1. The number of hydrogen-bond acceptors (Lipinski definition) is 5. The Balaban J connectivity index is 2.07. The second kappa shape index (κ2) is 4.66. The van der Waals surface area contributed by atoms with Crippen molar-refractivity contribution in [2.75, 3.05) is 7.05 Å². The van der Waals surface area contributed by atoms with Crippen molar-refractivity contribution < 1.29 is 4.79 Å². The maximum absolute atomic E-state index is 12.4. The topological polar surface area (TPSA) is 84.5 Å². The van der Waals surface area contributed by atoms with E-state index in [4.69, 9.17) is 5.73 Å². The third-order valence-electron chi connectivity index (χ3n) is 3.72. The molecule has 1 aliphatic rings. The average molecular weight is 281 g/mol. The van der Waals surface area contributed by atoms with Crippen LogP contribution in [0.1, 0.15) is 12.5 Å². The maximum Gasteiger partial charge on any atom is 0.261 e. The first-order chi connectivity index (χ1) is 10.0. The van der Waals surface area contributed by atoms with Crippen molar-refractivity contribution in [1.82, 2.24) is 14.9 Å². The summed E-state index contributed by atoms with van der Waals surface area (Å²) in [5.74, 6) is 0.0948. The highest BCUT2D eigenvalue weighted by Gasteiger charge is 2.43. The summed E-state index contributed by atoms with van der Waals surface area (Å²) in [6, 6.07) is 7.63. The monoisotopic (exact) mass is 281 g/mol. The van der Waals surface area contributed by atoms with E-state index in [9.17, 15) is 4.79 Å². The van der Waals surface area contributed by atoms with Gasteiger partial charge in [-0.15, -0.1) is 0 Å². The molecule has 1 aromatic carbocycles. The average Bonchev–Trinajstić information content (AvgIpc) is 2.73. The van der Waals surface area contributed by atoms with Crippen LogP contribution in [0.2, 0.25) is 0 Å². The van der Waals surface area contributed by atoms with Crippen molar-refractivity contribution in [3.05, 3.63) is 48.5 Å². The molecule has 1 aliphatic heterocycles. The first kappa shape index (κ1) is 13.2. The molecular weight excluding hydrogens is 266 g/mol. The van der Waals surface area contributed by atoms with Gasteiger partial charge in [-0.05, 0) is 24.1 Å². The first-order valence-electron chi connectivity index (χ1n) is 6.52. The van der Waals surface area contributed by atoms with E-state index < -0.39 is 5.54 Å². The van der Waals surface area contributed by atoms with Crippen LogP contribution < -0.4 is 5.73 Å². The third kappa shape index (κ3) is 2.05. The summed E-state index contributed by atoms with van der Waals surface area (Å²) in [7, 11) is 1.63. The van der Waals surface area contributed by atoms with Crippen molar-refractivity contribution in [3.8, 4) is 11.1 Å². The molecule has 1 unspecified atom stereocenters. The highest BCUT2D eigenvalue weighted by molar-refractivity contribution is 6.06. The van der Waals surface area contributed by atoms with Crippen LogP contribution in [-0.2, 0) is 10.3 Å². The van der Waals surface area contributed by atoms with Crippen molar-refractivity contribution in [2.45, 2.75) is 12.5 Å². The zero-order chi connectivity index (χ0) is 15.0. The van der Waals surface area contributed by atoms with Crippen LogP contribution in [0.5, 0.6) is 0 Å². The lowest BCUT2D eigenvalue weighted by Gasteiger charge is -2.21. The van der Waals surface area contributed by atoms with Crippen LogP contribution >= 0.6 is 0 Å². The van der Waals surface area contributed by atoms with E-state index in [0.717, 1.165) is 16.7 Å². The van der Waals surface area contributed by atoms with E-state index >= 15 is 0 Å². The molecule has 6 heteroatoms. The maximum atomic E-state index is 12.4. The lowest BCUT2D eigenvalue weighted by atomic mass is 9.90. The molecule has 0 spiro atoms. The summed E-state index contributed by atoms with van der Waals surface area (Å²) >= 11 is 0. The van der Waals surface area contributed by atoms with E-state index in [1.807, 2.05) is 24.3 Å². The number of aromatic nitrogens is 2. The number of benzene rings is 1. The van der Waals surface area contributed by atoms with Gasteiger partial charge in [0.05, 0.1) is 0 Å². The fraction of sp³-hybridized carbons (Fsp3) is 0.200. The molecule has 0 radical (unpaired) electrons. The van der Waals surface area contributed by atoms with E-state index in [0.29, 0.717) is 0 Å². The number of hydrogen-bond donors (Lipinski definition) is 1. The number of likely N-dealkylation sites (N-methyl/N-ethyl adjacent to an activating group) is 1. The van der Waals surface area contributed by atoms with E-state index in [1.54, 1.807) is 26.4 Å². The molecule has 0 bridgehead atoms. The Morgan fingerprint density at radius 3 is 2.52 bits per heavy atom.